The molecule has 21 heavy (non-hydrogen) atoms. The summed E-state index contributed by atoms with van der Waals surface area (Å²) in [5.41, 5.74) is 1.45. The van der Waals surface area contributed by atoms with Crippen LogP contribution in [0, 0.1) is 12.8 Å². The van der Waals surface area contributed by atoms with Crippen LogP contribution in [0.5, 0.6) is 0 Å². The van der Waals surface area contributed by atoms with Crippen molar-refractivity contribution in [2.45, 2.75) is 19.9 Å². The van der Waals surface area contributed by atoms with Gasteiger partial charge in [-0.3, -0.25) is 9.36 Å². The van der Waals surface area contributed by atoms with E-state index < -0.39 is 0 Å². The predicted octanol–water partition coefficient (Wildman–Crippen LogP) is -0.0281. The number of ether oxygens (including phenoxy) is 1. The van der Waals surface area contributed by atoms with Crippen LogP contribution in [0.3, 0.4) is 0 Å². The Morgan fingerprint density at radius 3 is 3.00 bits per heavy atom. The zero-order valence-electron chi connectivity index (χ0n) is 12.2. The highest BCUT2D eigenvalue weighted by molar-refractivity contribution is 6.32. The van der Waals surface area contributed by atoms with E-state index in [0.717, 1.165) is 24.1 Å². The average molecular weight is 284 g/mol. The molecule has 2 radical (unpaired) electrons. The Labute approximate surface area is 124 Å². The first-order valence-electron chi connectivity index (χ1n) is 7.03. The number of hydrogen-bond acceptors (Lipinski definition) is 5. The highest BCUT2D eigenvalue weighted by Gasteiger charge is 2.19. The van der Waals surface area contributed by atoms with Gasteiger partial charge in [0.1, 0.15) is 13.5 Å². The molecular weight excluding hydrogens is 267 g/mol. The topological polar surface area (TPSA) is 69.0 Å². The molecule has 1 N–H and O–H groups in total. The number of rotatable bonds is 3. The quantitative estimate of drug-likeness (QED) is 0.802. The van der Waals surface area contributed by atoms with E-state index in [0.29, 0.717) is 30.7 Å². The highest BCUT2D eigenvalue weighted by atomic mass is 16.5. The van der Waals surface area contributed by atoms with Crippen LogP contribution in [-0.4, -0.2) is 42.6 Å². The summed E-state index contributed by atoms with van der Waals surface area (Å²) in [6.45, 7) is 3.87. The zero-order chi connectivity index (χ0) is 15.0. The van der Waals surface area contributed by atoms with E-state index >= 15 is 0 Å². The van der Waals surface area contributed by atoms with Crippen molar-refractivity contribution in [3.63, 3.8) is 0 Å². The molecular formula is C14H17BN4O2. The maximum atomic E-state index is 12.4. The van der Waals surface area contributed by atoms with Gasteiger partial charge in [0.05, 0.1) is 12.3 Å². The smallest absolute Gasteiger partial charge is 0.245 e. The van der Waals surface area contributed by atoms with Crippen molar-refractivity contribution in [1.29, 1.82) is 0 Å². The molecule has 2 aromatic rings. The lowest BCUT2D eigenvalue weighted by Gasteiger charge is -2.16. The number of fused-ring (bicyclic) bond motifs is 1. The normalized spacial score (nSPS) is 18.3. The van der Waals surface area contributed by atoms with Crippen LogP contribution >= 0.6 is 0 Å². The number of aromatic nitrogens is 3. The van der Waals surface area contributed by atoms with Gasteiger partial charge in [0.2, 0.25) is 11.5 Å². The van der Waals surface area contributed by atoms with E-state index in [2.05, 4.69) is 15.3 Å². The van der Waals surface area contributed by atoms with Crippen LogP contribution < -0.4 is 16.3 Å². The van der Waals surface area contributed by atoms with Gasteiger partial charge in [-0.1, -0.05) is 6.07 Å². The predicted molar refractivity (Wildman–Crippen MR) is 82.4 cm³/mol. The van der Waals surface area contributed by atoms with Gasteiger partial charge >= 0.3 is 0 Å². The van der Waals surface area contributed by atoms with Gasteiger partial charge in [0, 0.05) is 31.5 Å². The SMILES string of the molecule is [B]c1cc2c(C)nc(NC)nc2n(CC2CCOC2)c1=O. The summed E-state index contributed by atoms with van der Waals surface area (Å²) in [5.74, 6) is 0.821. The van der Waals surface area contributed by atoms with Crippen molar-refractivity contribution in [2.75, 3.05) is 25.6 Å². The molecule has 1 saturated heterocycles. The van der Waals surface area contributed by atoms with Gasteiger partial charge in [-0.25, -0.2) is 4.98 Å². The molecule has 1 fully saturated rings. The largest absolute Gasteiger partial charge is 0.381 e. The molecule has 1 aliphatic heterocycles. The number of pyridine rings is 1. The van der Waals surface area contributed by atoms with Crippen LogP contribution in [-0.2, 0) is 11.3 Å². The van der Waals surface area contributed by atoms with Gasteiger partial charge < -0.3 is 10.1 Å². The molecule has 1 aliphatic rings. The molecule has 108 valence electrons. The molecule has 0 aliphatic carbocycles. The Hall–Kier alpha value is -1.89. The second kappa shape index (κ2) is 5.48. The maximum Gasteiger partial charge on any atom is 0.245 e. The Balaban J connectivity index is 2.21. The highest BCUT2D eigenvalue weighted by Crippen LogP contribution is 2.18. The minimum absolute atomic E-state index is 0.199. The van der Waals surface area contributed by atoms with E-state index in [4.69, 9.17) is 12.6 Å². The molecule has 0 spiro atoms. The van der Waals surface area contributed by atoms with E-state index in [9.17, 15) is 4.79 Å². The fourth-order valence-electron chi connectivity index (χ4n) is 2.68. The van der Waals surface area contributed by atoms with Gasteiger partial charge in [-0.05, 0) is 18.8 Å². The fourth-order valence-corrected chi connectivity index (χ4v) is 2.68. The number of anilines is 1. The average Bonchev–Trinajstić information content (AvgIpc) is 2.97. The van der Waals surface area contributed by atoms with Crippen molar-refractivity contribution in [3.05, 3.63) is 22.1 Å². The van der Waals surface area contributed by atoms with Crippen molar-refractivity contribution < 1.29 is 4.74 Å². The van der Waals surface area contributed by atoms with E-state index in [1.165, 1.54) is 0 Å². The minimum atomic E-state index is -0.199. The first-order chi connectivity index (χ1) is 10.1. The van der Waals surface area contributed by atoms with Gasteiger partial charge in [-0.2, -0.15) is 4.98 Å². The lowest BCUT2D eigenvalue weighted by Crippen LogP contribution is -2.36. The molecule has 6 nitrogen and oxygen atoms in total. The Morgan fingerprint density at radius 1 is 1.52 bits per heavy atom. The fraction of sp³-hybridized carbons (Fsp3) is 0.500. The van der Waals surface area contributed by atoms with Crippen LogP contribution in [0.2, 0.25) is 0 Å². The Kier molecular flexibility index (Phi) is 3.67. The van der Waals surface area contributed by atoms with Crippen molar-refractivity contribution in [1.82, 2.24) is 14.5 Å². The second-order valence-electron chi connectivity index (χ2n) is 5.36. The summed E-state index contributed by atoms with van der Waals surface area (Å²) in [6, 6.07) is 1.66. The van der Waals surface area contributed by atoms with E-state index in [-0.39, 0.29) is 11.0 Å². The number of nitrogens with zero attached hydrogens (tertiary/aromatic N) is 3. The van der Waals surface area contributed by atoms with Crippen molar-refractivity contribution in [2.24, 2.45) is 5.92 Å². The third kappa shape index (κ3) is 2.53. The molecule has 1 atom stereocenters. The minimum Gasteiger partial charge on any atom is -0.381 e. The van der Waals surface area contributed by atoms with E-state index in [1.807, 2.05) is 6.92 Å². The molecule has 0 aromatic carbocycles. The van der Waals surface area contributed by atoms with Crippen LogP contribution in [0.1, 0.15) is 12.1 Å². The summed E-state index contributed by atoms with van der Waals surface area (Å²) >= 11 is 0. The van der Waals surface area contributed by atoms with Crippen LogP contribution in [0.25, 0.3) is 11.0 Å². The summed E-state index contributed by atoms with van der Waals surface area (Å²) in [7, 11) is 7.62. The summed E-state index contributed by atoms with van der Waals surface area (Å²) in [5, 5.41) is 3.73. The summed E-state index contributed by atoms with van der Waals surface area (Å²) in [6.07, 6.45) is 0.950. The number of hydrogen-bond donors (Lipinski definition) is 1. The third-order valence-electron chi connectivity index (χ3n) is 3.85. The standard InChI is InChI=1S/C14H17BN4O2/c1-8-10-5-11(15)13(20)19(6-9-3-4-21-7-9)12(10)18-14(16-2)17-8/h5,9H,3-4,6-7H2,1-2H3,(H,16,17,18). The molecule has 1 unspecified atom stereocenters. The Morgan fingerprint density at radius 2 is 2.33 bits per heavy atom. The zero-order valence-corrected chi connectivity index (χ0v) is 12.2. The number of nitrogens with one attached hydrogen (secondary N) is 1. The molecule has 2 aromatic heterocycles. The number of aryl methyl sites for hydroxylation is 1. The van der Waals surface area contributed by atoms with Gasteiger partial charge in [0.25, 0.3) is 0 Å². The van der Waals surface area contributed by atoms with Crippen LogP contribution in [0.4, 0.5) is 5.95 Å². The monoisotopic (exact) mass is 284 g/mol. The van der Waals surface area contributed by atoms with Crippen molar-refractivity contribution >= 4 is 30.3 Å². The molecule has 0 amide bonds. The summed E-state index contributed by atoms with van der Waals surface area (Å²) < 4.78 is 7.04. The maximum absolute atomic E-state index is 12.4. The molecule has 0 bridgehead atoms. The van der Waals surface area contributed by atoms with Crippen LogP contribution in [0.15, 0.2) is 10.9 Å². The lowest BCUT2D eigenvalue weighted by molar-refractivity contribution is 0.182. The lowest BCUT2D eigenvalue weighted by atomic mass is 9.96. The molecule has 3 rings (SSSR count). The van der Waals surface area contributed by atoms with E-state index in [1.54, 1.807) is 17.7 Å². The molecule has 0 saturated carbocycles. The summed E-state index contributed by atoms with van der Waals surface area (Å²) in [4.78, 5) is 21.2. The van der Waals surface area contributed by atoms with Crippen molar-refractivity contribution in [3.8, 4) is 0 Å². The Bertz CT molecular complexity index is 738. The molecule has 7 heteroatoms. The molecule has 3 heterocycles. The van der Waals surface area contributed by atoms with Gasteiger partial charge in [-0.15, -0.1) is 0 Å². The third-order valence-corrected chi connectivity index (χ3v) is 3.85. The first-order valence-corrected chi connectivity index (χ1v) is 7.03. The second-order valence-corrected chi connectivity index (χ2v) is 5.36. The first kappa shape index (κ1) is 14.1. The van der Waals surface area contributed by atoms with Gasteiger partial charge in [0.15, 0.2) is 0 Å².